The third-order valence-electron chi connectivity index (χ3n) is 1.49. The van der Waals surface area contributed by atoms with E-state index in [2.05, 4.69) is 44.2 Å². The Hall–Kier alpha value is -0.850. The predicted octanol–water partition coefficient (Wildman–Crippen LogP) is 3.04. The monoisotopic (exact) mass is 154 g/mol. The van der Waals surface area contributed by atoms with Gasteiger partial charge in [0.05, 0.1) is 0 Å². The highest BCUT2D eigenvalue weighted by molar-refractivity contribution is 5.14. The molecule has 0 aliphatic heterocycles. The number of halogens is 1. The zero-order valence-electron chi connectivity index (χ0n) is 7.08. The van der Waals surface area contributed by atoms with Crippen LogP contribution < -0.4 is 0 Å². The molecule has 0 atom stereocenters. The van der Waals surface area contributed by atoms with Crippen molar-refractivity contribution >= 4 is 0 Å². The van der Waals surface area contributed by atoms with Gasteiger partial charge in [0.25, 0.3) is 0 Å². The first-order valence-electron chi connectivity index (χ1n) is 3.83. The van der Waals surface area contributed by atoms with E-state index >= 15 is 0 Å². The first-order valence-corrected chi connectivity index (χ1v) is 3.83. The van der Waals surface area contributed by atoms with E-state index in [-0.39, 0.29) is 4.70 Å². The van der Waals surface area contributed by atoms with Crippen LogP contribution in [0.25, 0.3) is 0 Å². The van der Waals surface area contributed by atoms with Crippen molar-refractivity contribution in [3.63, 3.8) is 0 Å². The minimum absolute atomic E-state index is 0. The zero-order valence-corrected chi connectivity index (χ0v) is 7.08. The van der Waals surface area contributed by atoms with Crippen LogP contribution in [-0.4, -0.2) is 0 Å². The second-order valence-electron chi connectivity index (χ2n) is 3.08. The van der Waals surface area contributed by atoms with Gasteiger partial charge in [-0.3, -0.25) is 4.70 Å². The quantitative estimate of drug-likeness (QED) is 0.614. The molecule has 0 bridgehead atoms. The van der Waals surface area contributed by atoms with E-state index in [1.807, 2.05) is 0 Å². The highest BCUT2D eigenvalue weighted by atomic mass is 19.0. The summed E-state index contributed by atoms with van der Waals surface area (Å²) in [5, 5.41) is 0. The molecule has 11 heavy (non-hydrogen) atoms. The van der Waals surface area contributed by atoms with Crippen molar-refractivity contribution in [1.82, 2.24) is 0 Å². The van der Waals surface area contributed by atoms with E-state index in [9.17, 15) is 0 Å². The summed E-state index contributed by atoms with van der Waals surface area (Å²) < 4.78 is 0. The van der Waals surface area contributed by atoms with Crippen molar-refractivity contribution < 1.29 is 4.70 Å². The Bertz CT molecular complexity index is 179. The van der Waals surface area contributed by atoms with Crippen LogP contribution in [0.3, 0.4) is 0 Å². The summed E-state index contributed by atoms with van der Waals surface area (Å²) in [5.74, 6) is 0.766. The van der Waals surface area contributed by atoms with Gasteiger partial charge in [0.2, 0.25) is 0 Å². The number of hydrogen-bond donors (Lipinski definition) is 0. The Labute approximate surface area is 67.6 Å². The van der Waals surface area contributed by atoms with Gasteiger partial charge in [-0.15, -0.1) is 0 Å². The molecule has 0 aliphatic carbocycles. The molecule has 1 aromatic carbocycles. The van der Waals surface area contributed by atoms with Crippen LogP contribution in [0, 0.1) is 5.92 Å². The lowest BCUT2D eigenvalue weighted by molar-refractivity contribution is 0.647. The summed E-state index contributed by atoms with van der Waals surface area (Å²) >= 11 is 0. The SMILES string of the molecule is CC(C)Cc1ccccc1.F. The standard InChI is InChI=1S/C10H14.FH/c1-9(2)8-10-6-4-3-5-7-10;/h3-7,9H,8H2,1-2H3;1H. The molecule has 0 N–H and O–H groups in total. The van der Waals surface area contributed by atoms with Crippen molar-refractivity contribution in [2.75, 3.05) is 0 Å². The van der Waals surface area contributed by atoms with Crippen molar-refractivity contribution in [2.45, 2.75) is 20.3 Å². The van der Waals surface area contributed by atoms with Crippen LogP contribution in [0.1, 0.15) is 19.4 Å². The van der Waals surface area contributed by atoms with Gasteiger partial charge in [0.1, 0.15) is 0 Å². The second kappa shape index (κ2) is 4.89. The highest BCUT2D eigenvalue weighted by Gasteiger charge is 1.94. The Balaban J connectivity index is 0.000001000. The molecule has 0 fully saturated rings. The topological polar surface area (TPSA) is 0 Å². The molecule has 0 aliphatic rings. The Morgan fingerprint density at radius 1 is 1.09 bits per heavy atom. The number of hydrogen-bond acceptors (Lipinski definition) is 0. The predicted molar refractivity (Wildman–Crippen MR) is 47.5 cm³/mol. The maximum atomic E-state index is 2.24. The van der Waals surface area contributed by atoms with E-state index in [0.717, 1.165) is 5.92 Å². The van der Waals surface area contributed by atoms with Gasteiger partial charge < -0.3 is 0 Å². The van der Waals surface area contributed by atoms with Crippen LogP contribution in [0.5, 0.6) is 0 Å². The number of rotatable bonds is 2. The summed E-state index contributed by atoms with van der Waals surface area (Å²) in [4.78, 5) is 0. The van der Waals surface area contributed by atoms with Crippen molar-refractivity contribution in [2.24, 2.45) is 5.92 Å². The molecule has 1 heteroatoms. The average molecular weight is 154 g/mol. The van der Waals surface area contributed by atoms with Crippen LogP contribution in [0.2, 0.25) is 0 Å². The third kappa shape index (κ3) is 3.76. The van der Waals surface area contributed by atoms with Gasteiger partial charge in [-0.25, -0.2) is 0 Å². The smallest absolute Gasteiger partial charge is 0.0256 e. The first-order chi connectivity index (χ1) is 4.79. The molecule has 0 aromatic heterocycles. The third-order valence-corrected chi connectivity index (χ3v) is 1.49. The van der Waals surface area contributed by atoms with Gasteiger partial charge in [0.15, 0.2) is 0 Å². The molecule has 1 rings (SSSR count). The lowest BCUT2D eigenvalue weighted by Crippen LogP contribution is -1.92. The largest absolute Gasteiger partial charge is 0.269 e. The molecular formula is C10H15F. The fraction of sp³-hybridized carbons (Fsp3) is 0.400. The number of benzene rings is 1. The molecule has 0 amide bonds. The molecule has 0 heterocycles. The molecule has 0 spiro atoms. The van der Waals surface area contributed by atoms with E-state index in [4.69, 9.17) is 0 Å². The summed E-state index contributed by atoms with van der Waals surface area (Å²) in [6.07, 6.45) is 1.20. The Morgan fingerprint density at radius 2 is 1.64 bits per heavy atom. The maximum absolute atomic E-state index is 2.24. The molecule has 0 saturated heterocycles. The van der Waals surface area contributed by atoms with E-state index in [1.54, 1.807) is 0 Å². The lowest BCUT2D eigenvalue weighted by atomic mass is 10.0. The minimum Gasteiger partial charge on any atom is -0.269 e. The summed E-state index contributed by atoms with van der Waals surface area (Å²) in [7, 11) is 0. The van der Waals surface area contributed by atoms with Crippen LogP contribution >= 0.6 is 0 Å². The minimum atomic E-state index is 0. The first kappa shape index (κ1) is 10.2. The fourth-order valence-corrected chi connectivity index (χ4v) is 1.09. The molecular weight excluding hydrogens is 139 g/mol. The average Bonchev–Trinajstić information content (AvgIpc) is 1.88. The fourth-order valence-electron chi connectivity index (χ4n) is 1.09. The van der Waals surface area contributed by atoms with Crippen LogP contribution in [-0.2, 0) is 6.42 Å². The van der Waals surface area contributed by atoms with Gasteiger partial charge in [-0.1, -0.05) is 44.2 Å². The Morgan fingerprint density at radius 3 is 2.09 bits per heavy atom. The second-order valence-corrected chi connectivity index (χ2v) is 3.08. The highest BCUT2D eigenvalue weighted by Crippen LogP contribution is 2.05. The molecule has 1 aromatic rings. The summed E-state index contributed by atoms with van der Waals surface area (Å²) in [5.41, 5.74) is 1.44. The van der Waals surface area contributed by atoms with Gasteiger partial charge in [-0.05, 0) is 17.9 Å². The Kier molecular flexibility index (Phi) is 4.51. The van der Waals surface area contributed by atoms with Crippen molar-refractivity contribution in [3.05, 3.63) is 35.9 Å². The molecule has 0 nitrogen and oxygen atoms in total. The van der Waals surface area contributed by atoms with Crippen LogP contribution in [0.15, 0.2) is 30.3 Å². The van der Waals surface area contributed by atoms with E-state index < -0.39 is 0 Å². The van der Waals surface area contributed by atoms with E-state index in [1.165, 1.54) is 12.0 Å². The van der Waals surface area contributed by atoms with Gasteiger partial charge >= 0.3 is 0 Å². The lowest BCUT2D eigenvalue weighted by Gasteiger charge is -2.02. The van der Waals surface area contributed by atoms with Gasteiger partial charge in [0, 0.05) is 0 Å². The van der Waals surface area contributed by atoms with Crippen molar-refractivity contribution in [3.8, 4) is 0 Å². The van der Waals surface area contributed by atoms with Gasteiger partial charge in [-0.2, -0.15) is 0 Å². The molecule has 62 valence electrons. The normalized spacial score (nSPS) is 9.36. The van der Waals surface area contributed by atoms with Crippen molar-refractivity contribution in [1.29, 1.82) is 0 Å². The molecule has 0 unspecified atom stereocenters. The maximum Gasteiger partial charge on any atom is -0.0256 e. The molecule has 0 radical (unpaired) electrons. The van der Waals surface area contributed by atoms with E-state index in [0.29, 0.717) is 0 Å². The molecule has 0 saturated carbocycles. The zero-order chi connectivity index (χ0) is 7.40. The summed E-state index contributed by atoms with van der Waals surface area (Å²) in [6, 6.07) is 10.6. The van der Waals surface area contributed by atoms with Crippen LogP contribution in [0.4, 0.5) is 4.70 Å². The summed E-state index contributed by atoms with van der Waals surface area (Å²) in [6.45, 7) is 4.49.